The summed E-state index contributed by atoms with van der Waals surface area (Å²) in [6.07, 6.45) is 4.98. The molecule has 3 heterocycles. The highest BCUT2D eigenvalue weighted by atomic mass is 127. The highest BCUT2D eigenvalue weighted by Crippen LogP contribution is 2.42. The molecule has 254 valence electrons. The van der Waals surface area contributed by atoms with Crippen LogP contribution in [0.15, 0.2) is 84.9 Å². The van der Waals surface area contributed by atoms with E-state index in [1.165, 1.54) is 11.1 Å². The normalized spacial score (nSPS) is 30.6. The lowest BCUT2D eigenvalue weighted by Gasteiger charge is -2.48. The van der Waals surface area contributed by atoms with E-state index >= 15 is 0 Å². The third kappa shape index (κ3) is 9.35. The van der Waals surface area contributed by atoms with Gasteiger partial charge in [-0.2, -0.15) is 0 Å². The average Bonchev–Trinajstić information content (AvgIpc) is 3.24. The van der Waals surface area contributed by atoms with Crippen molar-refractivity contribution in [3.63, 3.8) is 0 Å². The first-order valence-electron chi connectivity index (χ1n) is 17.1. The van der Waals surface area contributed by atoms with Crippen molar-refractivity contribution in [1.29, 1.82) is 0 Å². The van der Waals surface area contributed by atoms with Crippen molar-refractivity contribution in [2.24, 2.45) is 0 Å². The first-order valence-corrected chi connectivity index (χ1v) is 18.6. The van der Waals surface area contributed by atoms with Gasteiger partial charge in [-0.1, -0.05) is 95.4 Å². The minimum atomic E-state index is -0.470. The smallest absolute Gasteiger partial charge is 0.118 e. The molecule has 0 bridgehead atoms. The average molecular weight is 757 g/mol. The van der Waals surface area contributed by atoms with Crippen molar-refractivity contribution in [1.82, 2.24) is 0 Å². The predicted molar refractivity (Wildman–Crippen MR) is 190 cm³/mol. The van der Waals surface area contributed by atoms with Crippen LogP contribution in [-0.2, 0) is 48.2 Å². The maximum atomic E-state index is 7.11. The van der Waals surface area contributed by atoms with Gasteiger partial charge in [0, 0.05) is 23.9 Å². The molecule has 3 aromatic rings. The second-order valence-electron chi connectivity index (χ2n) is 13.2. The minimum absolute atomic E-state index is 0.00257. The molecular formula is C39H49IO7. The van der Waals surface area contributed by atoms with Gasteiger partial charge in [0.15, 0.2) is 0 Å². The highest BCUT2D eigenvalue weighted by molar-refractivity contribution is 14.1. The molecule has 3 saturated heterocycles. The van der Waals surface area contributed by atoms with Crippen LogP contribution in [0.1, 0.15) is 62.1 Å². The van der Waals surface area contributed by atoms with Gasteiger partial charge in [0.2, 0.25) is 0 Å². The van der Waals surface area contributed by atoms with Crippen molar-refractivity contribution in [3.8, 4) is 5.75 Å². The third-order valence-electron chi connectivity index (χ3n) is 9.83. The molecule has 0 amide bonds. The van der Waals surface area contributed by atoms with E-state index in [1.54, 1.807) is 7.11 Å². The van der Waals surface area contributed by atoms with Crippen LogP contribution in [0.5, 0.6) is 5.75 Å². The fourth-order valence-corrected chi connectivity index (χ4v) is 7.95. The topological polar surface area (TPSA) is 64.6 Å². The van der Waals surface area contributed by atoms with Gasteiger partial charge in [-0.3, -0.25) is 0 Å². The van der Waals surface area contributed by atoms with E-state index in [2.05, 4.69) is 90.2 Å². The van der Waals surface area contributed by atoms with Gasteiger partial charge in [0.25, 0.3) is 0 Å². The lowest BCUT2D eigenvalue weighted by atomic mass is 9.89. The van der Waals surface area contributed by atoms with Gasteiger partial charge in [0.05, 0.1) is 75.3 Å². The molecule has 8 heteroatoms. The monoisotopic (exact) mass is 756 g/mol. The Hall–Kier alpha value is -2.05. The van der Waals surface area contributed by atoms with Crippen LogP contribution in [0.25, 0.3) is 0 Å². The fraction of sp³-hybridized carbons (Fsp3) is 0.538. The molecule has 0 radical (unpaired) electrons. The van der Waals surface area contributed by atoms with Crippen LogP contribution in [0, 0.1) is 0 Å². The quantitative estimate of drug-likeness (QED) is 0.0944. The molecule has 3 fully saturated rings. The Kier molecular flexibility index (Phi) is 12.6. The second-order valence-corrected chi connectivity index (χ2v) is 14.1. The van der Waals surface area contributed by atoms with Crippen molar-refractivity contribution in [2.75, 3.05) is 18.1 Å². The van der Waals surface area contributed by atoms with Crippen molar-refractivity contribution >= 4 is 22.6 Å². The van der Waals surface area contributed by atoms with E-state index in [0.29, 0.717) is 26.4 Å². The molecule has 47 heavy (non-hydrogen) atoms. The number of benzene rings is 3. The van der Waals surface area contributed by atoms with Crippen LogP contribution in [-0.4, -0.2) is 66.5 Å². The number of hydrogen-bond donors (Lipinski definition) is 0. The Morgan fingerprint density at radius 2 is 1.38 bits per heavy atom. The summed E-state index contributed by atoms with van der Waals surface area (Å²) in [6.45, 7) is 4.61. The van der Waals surface area contributed by atoms with Crippen molar-refractivity contribution in [2.45, 2.75) is 114 Å². The zero-order valence-corrected chi connectivity index (χ0v) is 29.8. The van der Waals surface area contributed by atoms with Gasteiger partial charge in [-0.05, 0) is 61.4 Å². The number of hydrogen-bond acceptors (Lipinski definition) is 7. The third-order valence-corrected chi connectivity index (χ3v) is 10.7. The zero-order chi connectivity index (χ0) is 32.5. The lowest BCUT2D eigenvalue weighted by molar-refractivity contribution is -0.267. The molecule has 8 atom stereocenters. The molecule has 3 aliphatic rings. The summed E-state index contributed by atoms with van der Waals surface area (Å²) in [5.41, 5.74) is 3.01. The van der Waals surface area contributed by atoms with Crippen LogP contribution in [0.4, 0.5) is 0 Å². The maximum absolute atomic E-state index is 7.11. The molecule has 0 aromatic heterocycles. The van der Waals surface area contributed by atoms with Gasteiger partial charge in [-0.15, -0.1) is 0 Å². The summed E-state index contributed by atoms with van der Waals surface area (Å²) in [6, 6.07) is 28.8. The first-order chi connectivity index (χ1) is 23.0. The largest absolute Gasteiger partial charge is 0.497 e. The summed E-state index contributed by atoms with van der Waals surface area (Å²) in [5, 5.41) is 0. The Balaban J connectivity index is 1.09. The molecule has 0 aliphatic carbocycles. The van der Waals surface area contributed by atoms with Crippen molar-refractivity contribution < 1.29 is 33.2 Å². The molecule has 7 nitrogen and oxygen atoms in total. The Labute approximate surface area is 293 Å². The summed E-state index contributed by atoms with van der Waals surface area (Å²) in [5.74, 6) is 0.846. The summed E-state index contributed by atoms with van der Waals surface area (Å²) in [7, 11) is 1.68. The number of rotatable bonds is 14. The second kappa shape index (κ2) is 17.1. The molecule has 0 N–H and O–H groups in total. The highest BCUT2D eigenvalue weighted by Gasteiger charge is 2.50. The molecule has 3 aliphatic heterocycles. The molecular weight excluding hydrogens is 707 g/mol. The lowest BCUT2D eigenvalue weighted by Crippen LogP contribution is -2.57. The van der Waals surface area contributed by atoms with E-state index in [9.17, 15) is 0 Å². The van der Waals surface area contributed by atoms with E-state index in [-0.39, 0.29) is 42.7 Å². The van der Waals surface area contributed by atoms with Crippen LogP contribution in [0.2, 0.25) is 0 Å². The van der Waals surface area contributed by atoms with Crippen LogP contribution < -0.4 is 4.74 Å². The van der Waals surface area contributed by atoms with E-state index < -0.39 is 5.60 Å². The number of halogens is 1. The van der Waals surface area contributed by atoms with Gasteiger partial charge in [-0.25, -0.2) is 0 Å². The molecule has 6 rings (SSSR count). The number of fused-ring (bicyclic) bond motifs is 2. The zero-order valence-electron chi connectivity index (χ0n) is 27.6. The van der Waals surface area contributed by atoms with Crippen molar-refractivity contribution in [3.05, 3.63) is 102 Å². The SMILES string of the molecule is COc1ccc(CO[C@H]2C[C@H]3O[C@H]4CC[C@@H](OCc5ccccc5)[C@](C)(CCCOCc5ccccc5)O[C@@H]4C[C@@H]3O[C@@H]2CI)cc1. The standard InChI is InChI=1S/C39H49IO7/c1-39(20-9-21-42-25-28-10-5-3-6-11-28)38(44-27-29-12-7-4-8-13-29)19-18-32-36(47-39)23-35-34(45-32)22-33(37(24-40)46-35)43-26-30-14-16-31(41-2)17-15-30/h3-8,10-17,32-38H,9,18-27H2,1-2H3/t32-,33-,34+,35-,36+,37+,38+,39-/m0/s1. The minimum Gasteiger partial charge on any atom is -0.497 e. The maximum Gasteiger partial charge on any atom is 0.118 e. The van der Waals surface area contributed by atoms with E-state index in [4.69, 9.17) is 33.2 Å². The molecule has 0 saturated carbocycles. The number of methoxy groups -OCH3 is 1. The van der Waals surface area contributed by atoms with E-state index in [0.717, 1.165) is 54.3 Å². The van der Waals surface area contributed by atoms with Gasteiger partial charge < -0.3 is 33.2 Å². The molecule has 3 aromatic carbocycles. The first kappa shape index (κ1) is 34.8. The summed E-state index contributed by atoms with van der Waals surface area (Å²) in [4.78, 5) is 0. The predicted octanol–water partition coefficient (Wildman–Crippen LogP) is 7.85. The Morgan fingerprint density at radius 1 is 0.723 bits per heavy atom. The Bertz CT molecular complexity index is 1340. The number of ether oxygens (including phenoxy) is 7. The molecule has 0 unspecified atom stereocenters. The van der Waals surface area contributed by atoms with Crippen LogP contribution >= 0.6 is 22.6 Å². The summed E-state index contributed by atoms with van der Waals surface area (Å²) < 4.78 is 46.0. The van der Waals surface area contributed by atoms with Gasteiger partial charge >= 0.3 is 0 Å². The Morgan fingerprint density at radius 3 is 2.09 bits per heavy atom. The summed E-state index contributed by atoms with van der Waals surface area (Å²) >= 11 is 2.42. The van der Waals surface area contributed by atoms with Gasteiger partial charge in [0.1, 0.15) is 5.75 Å². The van der Waals surface area contributed by atoms with Crippen LogP contribution in [0.3, 0.4) is 0 Å². The fourth-order valence-electron chi connectivity index (χ4n) is 7.17. The molecule has 0 spiro atoms. The van der Waals surface area contributed by atoms with E-state index in [1.807, 2.05) is 24.3 Å². The number of alkyl halides is 1.